The number of anilines is 1. The fraction of sp³-hybridized carbons (Fsp3) is 0.0606. The van der Waals surface area contributed by atoms with Gasteiger partial charge in [-0.1, -0.05) is 133 Å². The van der Waals surface area contributed by atoms with Gasteiger partial charge in [0.05, 0.1) is 17.8 Å². The number of halogens is 1. The zero-order valence-electron chi connectivity index (χ0n) is 19.8. The van der Waals surface area contributed by atoms with Gasteiger partial charge < -0.3 is 5.32 Å². The molecule has 0 spiro atoms. The fourth-order valence-electron chi connectivity index (χ4n) is 4.37. The first-order valence-electron chi connectivity index (χ1n) is 12.1. The van der Waals surface area contributed by atoms with E-state index in [0.29, 0.717) is 5.02 Å². The quantitative estimate of drug-likeness (QED) is 0.218. The van der Waals surface area contributed by atoms with Crippen molar-refractivity contribution in [2.75, 3.05) is 5.32 Å². The van der Waals surface area contributed by atoms with E-state index in [4.69, 9.17) is 16.6 Å². The molecule has 3 heteroatoms. The van der Waals surface area contributed by atoms with E-state index in [1.54, 1.807) is 0 Å². The summed E-state index contributed by atoms with van der Waals surface area (Å²) in [6.45, 7) is 0. The Bertz CT molecular complexity index is 1340. The molecule has 0 radical (unpaired) electrons. The van der Waals surface area contributed by atoms with Crippen molar-refractivity contribution in [1.82, 2.24) is 0 Å². The number of para-hydroxylation sites is 1. The molecule has 1 N–H and O–H groups in total. The molecule has 0 amide bonds. The molecule has 0 aromatic heterocycles. The standard InChI is InChI=1S/C33H27ClN2/c34-29-23-21-28(22-24-29)32(35-30-19-11-4-12-20-30)33(27-17-9-3-10-18-27)36-31(25-13-5-1-6-14-25)26-15-7-2-8-16-26/h1-24,32-33,35H/t32-,33-/m1/s1. The van der Waals surface area contributed by atoms with Gasteiger partial charge in [0.1, 0.15) is 0 Å². The molecule has 0 aliphatic heterocycles. The third kappa shape index (κ3) is 5.73. The van der Waals surface area contributed by atoms with Crippen LogP contribution in [-0.4, -0.2) is 5.71 Å². The Balaban J connectivity index is 1.70. The number of rotatable bonds is 8. The van der Waals surface area contributed by atoms with Crippen LogP contribution in [0.4, 0.5) is 5.69 Å². The van der Waals surface area contributed by atoms with Crippen molar-refractivity contribution in [2.24, 2.45) is 4.99 Å². The van der Waals surface area contributed by atoms with Gasteiger partial charge in [-0.15, -0.1) is 0 Å². The molecule has 0 bridgehead atoms. The molecule has 0 aliphatic rings. The van der Waals surface area contributed by atoms with Gasteiger partial charge in [-0.3, -0.25) is 4.99 Å². The monoisotopic (exact) mass is 486 g/mol. The minimum Gasteiger partial charge on any atom is -0.376 e. The first kappa shape index (κ1) is 23.6. The van der Waals surface area contributed by atoms with Gasteiger partial charge in [0.15, 0.2) is 0 Å². The zero-order valence-corrected chi connectivity index (χ0v) is 20.6. The lowest BCUT2D eigenvalue weighted by Gasteiger charge is -2.28. The topological polar surface area (TPSA) is 24.4 Å². The van der Waals surface area contributed by atoms with Crippen LogP contribution in [0.2, 0.25) is 5.02 Å². The van der Waals surface area contributed by atoms with Crippen molar-refractivity contribution < 1.29 is 0 Å². The molecule has 5 aromatic carbocycles. The van der Waals surface area contributed by atoms with E-state index in [1.807, 2.05) is 48.5 Å². The van der Waals surface area contributed by atoms with Crippen molar-refractivity contribution in [3.63, 3.8) is 0 Å². The molecule has 0 saturated heterocycles. The highest BCUT2D eigenvalue weighted by atomic mass is 35.5. The van der Waals surface area contributed by atoms with Crippen molar-refractivity contribution in [3.05, 3.63) is 173 Å². The van der Waals surface area contributed by atoms with Crippen LogP contribution in [-0.2, 0) is 0 Å². The van der Waals surface area contributed by atoms with E-state index in [1.165, 1.54) is 0 Å². The van der Waals surface area contributed by atoms with Crippen molar-refractivity contribution in [1.29, 1.82) is 0 Å². The maximum atomic E-state index is 6.27. The zero-order chi connectivity index (χ0) is 24.6. The molecular formula is C33H27ClN2. The molecule has 36 heavy (non-hydrogen) atoms. The normalized spacial score (nSPS) is 12.4. The van der Waals surface area contributed by atoms with Gasteiger partial charge in [-0.2, -0.15) is 0 Å². The van der Waals surface area contributed by atoms with Crippen molar-refractivity contribution >= 4 is 23.0 Å². The molecule has 0 saturated carbocycles. The number of benzene rings is 5. The van der Waals surface area contributed by atoms with Crippen molar-refractivity contribution in [2.45, 2.75) is 12.1 Å². The van der Waals surface area contributed by atoms with Gasteiger partial charge in [0.25, 0.3) is 0 Å². The highest BCUT2D eigenvalue weighted by Gasteiger charge is 2.26. The Morgan fingerprint density at radius 1 is 0.528 bits per heavy atom. The second-order valence-electron chi connectivity index (χ2n) is 8.60. The predicted molar refractivity (Wildman–Crippen MR) is 152 cm³/mol. The number of aliphatic imine (C=N–C) groups is 1. The molecule has 5 rings (SSSR count). The second kappa shape index (κ2) is 11.5. The van der Waals surface area contributed by atoms with Crippen molar-refractivity contribution in [3.8, 4) is 0 Å². The average molecular weight is 487 g/mol. The van der Waals surface area contributed by atoms with E-state index in [9.17, 15) is 0 Å². The van der Waals surface area contributed by atoms with E-state index in [-0.39, 0.29) is 12.1 Å². The number of hydrogen-bond donors (Lipinski definition) is 1. The second-order valence-corrected chi connectivity index (χ2v) is 9.04. The van der Waals surface area contributed by atoms with Crippen LogP contribution in [0, 0.1) is 0 Å². The Kier molecular flexibility index (Phi) is 7.55. The molecule has 0 heterocycles. The number of hydrogen-bond acceptors (Lipinski definition) is 2. The third-order valence-electron chi connectivity index (χ3n) is 6.14. The van der Waals surface area contributed by atoms with Gasteiger partial charge in [-0.05, 0) is 35.4 Å². The minimum atomic E-state index is -0.206. The highest BCUT2D eigenvalue weighted by molar-refractivity contribution is 6.30. The van der Waals surface area contributed by atoms with E-state index >= 15 is 0 Å². The number of nitrogens with one attached hydrogen (secondary N) is 1. The summed E-state index contributed by atoms with van der Waals surface area (Å²) in [5.41, 5.74) is 6.40. The van der Waals surface area contributed by atoms with Crippen LogP contribution >= 0.6 is 11.6 Å². The summed E-state index contributed by atoms with van der Waals surface area (Å²) in [7, 11) is 0. The molecule has 0 unspecified atom stereocenters. The van der Waals surface area contributed by atoms with Crippen LogP contribution in [0.25, 0.3) is 0 Å². The SMILES string of the molecule is Clc1ccc([C@@H](Nc2ccccc2)[C@H](N=C(c2ccccc2)c2ccccc2)c2ccccc2)cc1. The Hall–Kier alpha value is -4.14. The Morgan fingerprint density at radius 2 is 1.00 bits per heavy atom. The summed E-state index contributed by atoms with van der Waals surface area (Å²) in [5, 5.41) is 4.49. The highest BCUT2D eigenvalue weighted by Crippen LogP contribution is 2.37. The first-order chi connectivity index (χ1) is 17.8. The van der Waals surface area contributed by atoms with Gasteiger partial charge >= 0.3 is 0 Å². The van der Waals surface area contributed by atoms with E-state index < -0.39 is 0 Å². The fourth-order valence-corrected chi connectivity index (χ4v) is 4.49. The lowest BCUT2D eigenvalue weighted by molar-refractivity contribution is 0.613. The Labute approximate surface area is 218 Å². The average Bonchev–Trinajstić information content (AvgIpc) is 2.95. The molecule has 2 atom stereocenters. The van der Waals surface area contributed by atoms with Crippen LogP contribution in [0.15, 0.2) is 151 Å². The summed E-state index contributed by atoms with van der Waals surface area (Å²) in [6.07, 6.45) is 0. The summed E-state index contributed by atoms with van der Waals surface area (Å²) >= 11 is 6.27. The van der Waals surface area contributed by atoms with E-state index in [2.05, 4.69) is 102 Å². The maximum absolute atomic E-state index is 6.27. The predicted octanol–water partition coefficient (Wildman–Crippen LogP) is 8.77. The van der Waals surface area contributed by atoms with Gasteiger partial charge in [0.2, 0.25) is 0 Å². The third-order valence-corrected chi connectivity index (χ3v) is 6.40. The van der Waals surface area contributed by atoms with Crippen LogP contribution in [0.3, 0.4) is 0 Å². The van der Waals surface area contributed by atoms with Gasteiger partial charge in [0, 0.05) is 21.8 Å². The first-order valence-corrected chi connectivity index (χ1v) is 12.5. The molecular weight excluding hydrogens is 460 g/mol. The molecule has 5 aromatic rings. The summed E-state index contributed by atoms with van der Waals surface area (Å²) in [4.78, 5) is 5.50. The lowest BCUT2D eigenvalue weighted by atomic mass is 9.92. The van der Waals surface area contributed by atoms with Gasteiger partial charge in [-0.25, -0.2) is 0 Å². The van der Waals surface area contributed by atoms with Crippen LogP contribution in [0.1, 0.15) is 34.3 Å². The molecule has 2 nitrogen and oxygen atoms in total. The summed E-state index contributed by atoms with van der Waals surface area (Å²) in [6, 6.07) is 49.3. The maximum Gasteiger partial charge on any atom is 0.0999 e. The van der Waals surface area contributed by atoms with Crippen LogP contribution in [0.5, 0.6) is 0 Å². The Morgan fingerprint density at radius 3 is 1.53 bits per heavy atom. The smallest absolute Gasteiger partial charge is 0.0999 e. The molecule has 176 valence electrons. The van der Waals surface area contributed by atoms with E-state index in [0.717, 1.165) is 33.7 Å². The summed E-state index contributed by atoms with van der Waals surface area (Å²) in [5.74, 6) is 0. The minimum absolute atomic E-state index is 0.130. The number of nitrogens with zero attached hydrogens (tertiary/aromatic N) is 1. The largest absolute Gasteiger partial charge is 0.376 e. The lowest BCUT2D eigenvalue weighted by Crippen LogP contribution is -2.20. The molecule has 0 aliphatic carbocycles. The van der Waals surface area contributed by atoms with Crippen LogP contribution < -0.4 is 5.32 Å². The summed E-state index contributed by atoms with van der Waals surface area (Å²) < 4.78 is 0. The molecule has 0 fully saturated rings.